The third-order valence-corrected chi connectivity index (χ3v) is 5.01. The summed E-state index contributed by atoms with van der Waals surface area (Å²) in [6, 6.07) is 20.0. The van der Waals surface area contributed by atoms with Crippen LogP contribution in [0.3, 0.4) is 0 Å². The van der Waals surface area contributed by atoms with Gasteiger partial charge in [0, 0.05) is 5.56 Å². The maximum Gasteiger partial charge on any atom is 0.204 e. The van der Waals surface area contributed by atoms with Crippen LogP contribution in [0.5, 0.6) is 17.2 Å². The highest BCUT2D eigenvalue weighted by Crippen LogP contribution is 2.51. The van der Waals surface area contributed by atoms with Crippen LogP contribution in [0.25, 0.3) is 33.3 Å². The number of benzene rings is 3. The number of nitrogens with one attached hydrogen (secondary N) is 1. The quantitative estimate of drug-likeness (QED) is 0.454. The van der Waals surface area contributed by atoms with Gasteiger partial charge >= 0.3 is 0 Å². The van der Waals surface area contributed by atoms with E-state index < -0.39 is 0 Å². The van der Waals surface area contributed by atoms with Gasteiger partial charge < -0.3 is 19.2 Å². The second-order valence-electron chi connectivity index (χ2n) is 6.49. The Balaban J connectivity index is 2.24. The van der Waals surface area contributed by atoms with Crippen molar-refractivity contribution in [3.8, 4) is 39.6 Å². The summed E-state index contributed by atoms with van der Waals surface area (Å²) in [6.45, 7) is 0. The molecule has 4 rings (SSSR count). The van der Waals surface area contributed by atoms with Crippen molar-refractivity contribution in [2.75, 3.05) is 21.3 Å². The Hall–Kier alpha value is -3.73. The summed E-state index contributed by atoms with van der Waals surface area (Å²) in [5.41, 5.74) is 4.86. The van der Waals surface area contributed by atoms with Crippen molar-refractivity contribution in [1.82, 2.24) is 4.98 Å². The molecule has 1 heterocycles. The van der Waals surface area contributed by atoms with Gasteiger partial charge in [0.15, 0.2) is 17.8 Å². The van der Waals surface area contributed by atoms with Crippen LogP contribution in [0.2, 0.25) is 0 Å². The van der Waals surface area contributed by atoms with Crippen LogP contribution in [-0.2, 0) is 0 Å². The molecular weight excluding hydrogens is 366 g/mol. The lowest BCUT2D eigenvalue weighted by Crippen LogP contribution is -2.00. The third kappa shape index (κ3) is 2.91. The molecule has 0 atom stereocenters. The van der Waals surface area contributed by atoms with Crippen molar-refractivity contribution in [2.24, 2.45) is 0 Å². The number of hydrogen-bond acceptors (Lipinski definition) is 4. The molecule has 0 bridgehead atoms. The van der Waals surface area contributed by atoms with E-state index in [2.05, 4.69) is 4.98 Å². The molecule has 0 aliphatic rings. The lowest BCUT2D eigenvalue weighted by Gasteiger charge is -2.16. The van der Waals surface area contributed by atoms with E-state index in [0.29, 0.717) is 28.3 Å². The molecule has 5 heteroatoms. The molecule has 3 aromatic carbocycles. The van der Waals surface area contributed by atoms with Gasteiger partial charge in [-0.05, 0) is 11.1 Å². The van der Waals surface area contributed by atoms with Crippen molar-refractivity contribution in [2.45, 2.75) is 0 Å². The van der Waals surface area contributed by atoms with Crippen molar-refractivity contribution < 1.29 is 19.0 Å². The number of carbonyl (C=O) groups excluding carboxylic acids is 1. The highest BCUT2D eigenvalue weighted by molar-refractivity contribution is 6.14. The molecule has 0 saturated carbocycles. The normalized spacial score (nSPS) is 10.7. The molecule has 4 aromatic rings. The lowest BCUT2D eigenvalue weighted by atomic mass is 9.96. The molecule has 0 unspecified atom stereocenters. The molecular formula is C24H21NO4. The van der Waals surface area contributed by atoms with Crippen molar-refractivity contribution >= 4 is 17.2 Å². The first-order valence-electron chi connectivity index (χ1n) is 9.18. The smallest absolute Gasteiger partial charge is 0.204 e. The molecule has 0 aliphatic heterocycles. The standard InChI is InChI=1S/C24H21NO4/c1-27-22-17(14-26)21-19(23(28-2)24(22)29-3)18(15-10-6-4-7-11-15)20(25-21)16-12-8-5-9-13-16/h4-14,25H,1-3H3. The molecule has 0 amide bonds. The summed E-state index contributed by atoms with van der Waals surface area (Å²) in [4.78, 5) is 15.5. The summed E-state index contributed by atoms with van der Waals surface area (Å²) >= 11 is 0. The molecule has 29 heavy (non-hydrogen) atoms. The fraction of sp³-hybridized carbons (Fsp3) is 0.125. The predicted octanol–water partition coefficient (Wildman–Crippen LogP) is 5.34. The third-order valence-electron chi connectivity index (χ3n) is 5.01. The highest BCUT2D eigenvalue weighted by Gasteiger charge is 2.28. The molecule has 0 fully saturated rings. The Morgan fingerprint density at radius 1 is 0.724 bits per heavy atom. The van der Waals surface area contributed by atoms with Crippen LogP contribution < -0.4 is 14.2 Å². The fourth-order valence-corrected chi connectivity index (χ4v) is 3.79. The van der Waals surface area contributed by atoms with Crippen LogP contribution in [-0.4, -0.2) is 32.6 Å². The highest BCUT2D eigenvalue weighted by atomic mass is 16.5. The number of rotatable bonds is 6. The first-order chi connectivity index (χ1) is 14.2. The summed E-state index contributed by atoms with van der Waals surface area (Å²) < 4.78 is 16.9. The average molecular weight is 387 g/mol. The zero-order valence-corrected chi connectivity index (χ0v) is 16.5. The average Bonchev–Trinajstić information content (AvgIpc) is 3.18. The van der Waals surface area contributed by atoms with Crippen molar-refractivity contribution in [3.05, 3.63) is 66.2 Å². The second kappa shape index (κ2) is 7.72. The predicted molar refractivity (Wildman–Crippen MR) is 114 cm³/mol. The summed E-state index contributed by atoms with van der Waals surface area (Å²) in [5, 5.41) is 0.775. The summed E-state index contributed by atoms with van der Waals surface area (Å²) in [7, 11) is 4.63. The number of aromatic amines is 1. The number of H-pyrrole nitrogens is 1. The van der Waals surface area contributed by atoms with Gasteiger partial charge in [0.25, 0.3) is 0 Å². The maximum atomic E-state index is 12.1. The maximum absolute atomic E-state index is 12.1. The molecule has 0 aliphatic carbocycles. The minimum atomic E-state index is 0.340. The van der Waals surface area contributed by atoms with E-state index in [1.54, 1.807) is 7.11 Å². The van der Waals surface area contributed by atoms with Gasteiger partial charge in [0.2, 0.25) is 5.75 Å². The molecule has 1 aromatic heterocycles. The van der Waals surface area contributed by atoms with E-state index in [4.69, 9.17) is 14.2 Å². The number of ether oxygens (including phenoxy) is 3. The lowest BCUT2D eigenvalue weighted by molar-refractivity contribution is 0.112. The van der Waals surface area contributed by atoms with Gasteiger partial charge in [-0.3, -0.25) is 4.79 Å². The first kappa shape index (κ1) is 18.6. The Kier molecular flexibility index (Phi) is 4.96. The van der Waals surface area contributed by atoms with E-state index in [-0.39, 0.29) is 0 Å². The summed E-state index contributed by atoms with van der Waals surface area (Å²) in [5.74, 6) is 1.25. The second-order valence-corrected chi connectivity index (χ2v) is 6.49. The largest absolute Gasteiger partial charge is 0.492 e. The van der Waals surface area contributed by atoms with Crippen LogP contribution >= 0.6 is 0 Å². The fourth-order valence-electron chi connectivity index (χ4n) is 3.79. The Morgan fingerprint density at radius 2 is 1.28 bits per heavy atom. The van der Waals surface area contributed by atoms with Crippen LogP contribution in [0.4, 0.5) is 0 Å². The molecule has 0 radical (unpaired) electrons. The molecule has 146 valence electrons. The van der Waals surface area contributed by atoms with Crippen molar-refractivity contribution in [3.63, 3.8) is 0 Å². The Labute approximate surface area is 168 Å². The zero-order chi connectivity index (χ0) is 20.4. The van der Waals surface area contributed by atoms with Gasteiger partial charge in [0.1, 0.15) is 0 Å². The van der Waals surface area contributed by atoms with E-state index in [0.717, 1.165) is 34.1 Å². The van der Waals surface area contributed by atoms with Crippen LogP contribution in [0.1, 0.15) is 10.4 Å². The number of hydrogen-bond donors (Lipinski definition) is 1. The number of methoxy groups -OCH3 is 3. The van der Waals surface area contributed by atoms with Gasteiger partial charge in [-0.25, -0.2) is 0 Å². The summed E-state index contributed by atoms with van der Waals surface area (Å²) in [6.07, 6.45) is 0.781. The first-order valence-corrected chi connectivity index (χ1v) is 9.18. The number of carbonyl (C=O) groups is 1. The van der Waals surface area contributed by atoms with Gasteiger partial charge in [-0.15, -0.1) is 0 Å². The molecule has 5 nitrogen and oxygen atoms in total. The Morgan fingerprint density at radius 3 is 1.79 bits per heavy atom. The Bertz CT molecular complexity index is 1160. The SMILES string of the molecule is COc1c(OC)c(OC)c2c(-c3ccccc3)c(-c3ccccc3)[nH]c2c1C=O. The molecule has 0 saturated heterocycles. The molecule has 0 spiro atoms. The van der Waals surface area contributed by atoms with Gasteiger partial charge in [-0.1, -0.05) is 60.7 Å². The number of aromatic nitrogens is 1. The van der Waals surface area contributed by atoms with E-state index >= 15 is 0 Å². The monoisotopic (exact) mass is 387 g/mol. The van der Waals surface area contributed by atoms with Gasteiger partial charge in [-0.2, -0.15) is 0 Å². The van der Waals surface area contributed by atoms with E-state index in [9.17, 15) is 4.79 Å². The number of aldehydes is 1. The van der Waals surface area contributed by atoms with Crippen LogP contribution in [0, 0.1) is 0 Å². The minimum Gasteiger partial charge on any atom is -0.492 e. The van der Waals surface area contributed by atoms with E-state index in [1.807, 2.05) is 60.7 Å². The minimum absolute atomic E-state index is 0.340. The topological polar surface area (TPSA) is 60.6 Å². The molecule has 1 N–H and O–H groups in total. The van der Waals surface area contributed by atoms with E-state index in [1.165, 1.54) is 14.2 Å². The number of fused-ring (bicyclic) bond motifs is 1. The zero-order valence-electron chi connectivity index (χ0n) is 16.5. The van der Waals surface area contributed by atoms with Crippen LogP contribution in [0.15, 0.2) is 60.7 Å². The van der Waals surface area contributed by atoms with Crippen molar-refractivity contribution in [1.29, 1.82) is 0 Å². The van der Waals surface area contributed by atoms with Gasteiger partial charge in [0.05, 0.1) is 43.5 Å².